The van der Waals surface area contributed by atoms with Gasteiger partial charge in [-0.2, -0.15) is 0 Å². The van der Waals surface area contributed by atoms with Gasteiger partial charge in [0.2, 0.25) is 11.8 Å². The summed E-state index contributed by atoms with van der Waals surface area (Å²) in [6.45, 7) is 4.52. The highest BCUT2D eigenvalue weighted by atomic mass is 16.2. The number of benzene rings is 2. The van der Waals surface area contributed by atoms with Crippen molar-refractivity contribution in [2.24, 2.45) is 5.92 Å². The Morgan fingerprint density at radius 3 is 2.44 bits per heavy atom. The molecule has 0 radical (unpaired) electrons. The number of carbonyl (C=O) groups is 2. The summed E-state index contributed by atoms with van der Waals surface area (Å²) in [4.78, 5) is 32.7. The molecule has 1 fully saturated rings. The molecule has 1 N–H and O–H groups in total. The Morgan fingerprint density at radius 2 is 1.72 bits per heavy atom. The van der Waals surface area contributed by atoms with Crippen LogP contribution in [-0.4, -0.2) is 27.4 Å². The third kappa shape index (κ3) is 4.85. The number of imidazole rings is 1. The highest BCUT2D eigenvalue weighted by Gasteiger charge is 2.24. The van der Waals surface area contributed by atoms with Gasteiger partial charge >= 0.3 is 0 Å². The molecule has 6 heteroatoms. The zero-order valence-corrected chi connectivity index (χ0v) is 19.0. The number of hydrogen-bond acceptors (Lipinski definition) is 3. The van der Waals surface area contributed by atoms with Gasteiger partial charge in [0.1, 0.15) is 12.4 Å². The quantitative estimate of drug-likeness (QED) is 0.590. The van der Waals surface area contributed by atoms with Gasteiger partial charge in [0, 0.05) is 17.6 Å². The SMILES string of the molecule is CC(C)N(C(=O)Cn1c(CNC(=O)C2CCCCC2)nc2ccccc21)c1ccccc1. The van der Waals surface area contributed by atoms with Crippen molar-refractivity contribution in [1.82, 2.24) is 14.9 Å². The number of amides is 2. The van der Waals surface area contributed by atoms with Gasteiger partial charge < -0.3 is 14.8 Å². The van der Waals surface area contributed by atoms with E-state index in [9.17, 15) is 9.59 Å². The maximum atomic E-state index is 13.4. The van der Waals surface area contributed by atoms with Gasteiger partial charge in [-0.15, -0.1) is 0 Å². The van der Waals surface area contributed by atoms with Crippen LogP contribution in [0, 0.1) is 5.92 Å². The molecule has 1 saturated carbocycles. The molecule has 0 saturated heterocycles. The van der Waals surface area contributed by atoms with E-state index in [1.165, 1.54) is 6.42 Å². The first kappa shape index (κ1) is 22.1. The predicted octanol–water partition coefficient (Wildman–Crippen LogP) is 4.67. The van der Waals surface area contributed by atoms with E-state index < -0.39 is 0 Å². The number of hydrogen-bond donors (Lipinski definition) is 1. The lowest BCUT2D eigenvalue weighted by Crippen LogP contribution is -2.39. The summed E-state index contributed by atoms with van der Waals surface area (Å²) in [5, 5.41) is 3.08. The molecule has 0 bridgehead atoms. The second-order valence-electron chi connectivity index (χ2n) is 8.85. The molecule has 0 unspecified atom stereocenters. The number of fused-ring (bicyclic) bond motifs is 1. The second-order valence-corrected chi connectivity index (χ2v) is 8.85. The molecule has 4 rings (SSSR count). The monoisotopic (exact) mass is 432 g/mol. The zero-order valence-electron chi connectivity index (χ0n) is 19.0. The van der Waals surface area contributed by atoms with Crippen LogP contribution in [-0.2, 0) is 22.7 Å². The molecular formula is C26H32N4O2. The topological polar surface area (TPSA) is 67.2 Å². The van der Waals surface area contributed by atoms with Crippen LogP contribution in [0.4, 0.5) is 5.69 Å². The molecule has 1 aromatic heterocycles. The van der Waals surface area contributed by atoms with Crippen molar-refractivity contribution in [3.8, 4) is 0 Å². The fourth-order valence-electron chi connectivity index (χ4n) is 4.64. The molecule has 168 valence electrons. The summed E-state index contributed by atoms with van der Waals surface area (Å²) in [7, 11) is 0. The molecule has 0 aliphatic heterocycles. The standard InChI is InChI=1S/C26H32N4O2/c1-19(2)30(21-13-7-4-8-14-21)25(31)18-29-23-16-10-9-15-22(23)28-24(29)17-27-26(32)20-11-5-3-6-12-20/h4,7-10,13-16,19-20H,3,5-6,11-12,17-18H2,1-2H3,(H,27,32). The van der Waals surface area contributed by atoms with Crippen LogP contribution in [0.25, 0.3) is 11.0 Å². The van der Waals surface area contributed by atoms with Gasteiger partial charge in [-0.25, -0.2) is 4.98 Å². The maximum Gasteiger partial charge on any atom is 0.247 e. The van der Waals surface area contributed by atoms with Crippen LogP contribution in [0.5, 0.6) is 0 Å². The Bertz CT molecular complexity index is 1070. The molecule has 32 heavy (non-hydrogen) atoms. The summed E-state index contributed by atoms with van der Waals surface area (Å²) in [6, 6.07) is 17.6. The Hall–Kier alpha value is -3.15. The lowest BCUT2D eigenvalue weighted by molar-refractivity contribution is -0.126. The fraction of sp³-hybridized carbons (Fsp3) is 0.423. The molecule has 6 nitrogen and oxygen atoms in total. The van der Waals surface area contributed by atoms with Gasteiger partial charge in [-0.05, 0) is 51.0 Å². The van der Waals surface area contributed by atoms with E-state index in [0.29, 0.717) is 12.4 Å². The molecule has 2 aromatic carbocycles. The number of anilines is 1. The summed E-state index contributed by atoms with van der Waals surface area (Å²) >= 11 is 0. The minimum Gasteiger partial charge on any atom is -0.349 e. The third-order valence-electron chi connectivity index (χ3n) is 6.24. The van der Waals surface area contributed by atoms with Gasteiger partial charge in [-0.3, -0.25) is 9.59 Å². The van der Waals surface area contributed by atoms with Crippen LogP contribution in [0.15, 0.2) is 54.6 Å². The van der Waals surface area contributed by atoms with Crippen LogP contribution < -0.4 is 10.2 Å². The van der Waals surface area contributed by atoms with Crippen LogP contribution in [0.1, 0.15) is 51.8 Å². The van der Waals surface area contributed by atoms with Crippen molar-refractivity contribution in [3.05, 3.63) is 60.4 Å². The minimum absolute atomic E-state index is 0.00536. The molecule has 1 heterocycles. The van der Waals surface area contributed by atoms with Crippen molar-refractivity contribution < 1.29 is 9.59 Å². The number of para-hydroxylation sites is 3. The summed E-state index contributed by atoms with van der Waals surface area (Å²) in [6.07, 6.45) is 5.38. The van der Waals surface area contributed by atoms with Gasteiger partial charge in [0.15, 0.2) is 0 Å². The van der Waals surface area contributed by atoms with Crippen molar-refractivity contribution in [1.29, 1.82) is 0 Å². The van der Waals surface area contributed by atoms with E-state index in [0.717, 1.165) is 42.4 Å². The Morgan fingerprint density at radius 1 is 1.03 bits per heavy atom. The molecular weight excluding hydrogens is 400 g/mol. The lowest BCUT2D eigenvalue weighted by Gasteiger charge is -2.27. The molecule has 3 aromatic rings. The first-order valence-corrected chi connectivity index (χ1v) is 11.6. The van der Waals surface area contributed by atoms with E-state index in [1.54, 1.807) is 0 Å². The van der Waals surface area contributed by atoms with E-state index in [2.05, 4.69) is 5.32 Å². The molecule has 2 amide bonds. The average molecular weight is 433 g/mol. The van der Waals surface area contributed by atoms with Crippen molar-refractivity contribution in [2.75, 3.05) is 4.90 Å². The molecule has 0 atom stereocenters. The summed E-state index contributed by atoms with van der Waals surface area (Å²) < 4.78 is 1.94. The largest absolute Gasteiger partial charge is 0.349 e. The fourth-order valence-corrected chi connectivity index (χ4v) is 4.64. The van der Waals surface area contributed by atoms with Crippen LogP contribution in [0.3, 0.4) is 0 Å². The van der Waals surface area contributed by atoms with E-state index in [1.807, 2.05) is 77.9 Å². The average Bonchev–Trinajstić information content (AvgIpc) is 3.16. The number of aromatic nitrogens is 2. The van der Waals surface area contributed by atoms with E-state index >= 15 is 0 Å². The van der Waals surface area contributed by atoms with Gasteiger partial charge in [0.25, 0.3) is 0 Å². The first-order chi connectivity index (χ1) is 15.5. The van der Waals surface area contributed by atoms with Crippen LogP contribution >= 0.6 is 0 Å². The Labute approximate surface area is 189 Å². The third-order valence-corrected chi connectivity index (χ3v) is 6.24. The lowest BCUT2D eigenvalue weighted by atomic mass is 9.89. The molecule has 1 aliphatic rings. The van der Waals surface area contributed by atoms with Crippen molar-refractivity contribution in [3.63, 3.8) is 0 Å². The smallest absolute Gasteiger partial charge is 0.247 e. The van der Waals surface area contributed by atoms with Crippen LogP contribution in [0.2, 0.25) is 0 Å². The number of nitrogens with zero attached hydrogens (tertiary/aromatic N) is 3. The Balaban J connectivity index is 1.57. The highest BCUT2D eigenvalue weighted by molar-refractivity contribution is 5.94. The van der Waals surface area contributed by atoms with Gasteiger partial charge in [-0.1, -0.05) is 49.6 Å². The minimum atomic E-state index is -0.00536. The Kier molecular flexibility index (Phi) is 6.88. The van der Waals surface area contributed by atoms with Gasteiger partial charge in [0.05, 0.1) is 17.6 Å². The summed E-state index contributed by atoms with van der Waals surface area (Å²) in [5.74, 6) is 0.898. The summed E-state index contributed by atoms with van der Waals surface area (Å²) in [5.41, 5.74) is 2.61. The highest BCUT2D eigenvalue weighted by Crippen LogP contribution is 2.24. The number of rotatable bonds is 7. The first-order valence-electron chi connectivity index (χ1n) is 11.6. The van der Waals surface area contributed by atoms with E-state index in [-0.39, 0.29) is 30.3 Å². The normalized spacial score (nSPS) is 14.6. The van der Waals surface area contributed by atoms with Crippen molar-refractivity contribution >= 4 is 28.5 Å². The predicted molar refractivity (Wildman–Crippen MR) is 127 cm³/mol. The number of carbonyl (C=O) groups excluding carboxylic acids is 2. The number of nitrogens with one attached hydrogen (secondary N) is 1. The molecule has 0 spiro atoms. The molecule has 1 aliphatic carbocycles. The zero-order chi connectivity index (χ0) is 22.5. The second kappa shape index (κ2) is 9.98. The van der Waals surface area contributed by atoms with Crippen molar-refractivity contribution in [2.45, 2.75) is 65.1 Å². The maximum absolute atomic E-state index is 13.4. The van der Waals surface area contributed by atoms with E-state index in [4.69, 9.17) is 4.98 Å².